The number of anilines is 2. The fraction of sp³-hybridized carbons (Fsp3) is 0.176. The molecule has 0 spiro atoms. The highest BCUT2D eigenvalue weighted by molar-refractivity contribution is 14.1. The molecule has 0 aliphatic carbocycles. The normalized spacial score (nSPS) is 11.0. The van der Waals surface area contributed by atoms with Crippen molar-refractivity contribution in [2.45, 2.75) is 19.9 Å². The maximum Gasteiger partial charge on any atom is 0.289 e. The second kappa shape index (κ2) is 6.76. The molecule has 0 saturated heterocycles. The minimum absolute atomic E-state index is 0.0493. The topological polar surface area (TPSA) is 67.2 Å². The van der Waals surface area contributed by atoms with E-state index in [9.17, 15) is 9.18 Å². The Bertz CT molecular complexity index is 908. The zero-order chi connectivity index (χ0) is 17.3. The van der Waals surface area contributed by atoms with Gasteiger partial charge in [0.1, 0.15) is 17.1 Å². The van der Waals surface area contributed by atoms with Crippen LogP contribution >= 0.6 is 22.6 Å². The molecule has 3 rings (SSSR count). The van der Waals surface area contributed by atoms with E-state index >= 15 is 0 Å². The molecule has 3 aromatic rings. The maximum absolute atomic E-state index is 14.2. The first kappa shape index (κ1) is 16.7. The van der Waals surface area contributed by atoms with Gasteiger partial charge in [-0.1, -0.05) is 0 Å². The van der Waals surface area contributed by atoms with E-state index in [-0.39, 0.29) is 23.4 Å². The number of pyridine rings is 1. The number of carbonyl (C=O) groups is 1. The molecule has 2 aromatic heterocycles. The standard InChI is InChI=1S/C17H15FIN3O2/c1-9(2)21-17(23)16-15(11-8-20-6-5-14(11)24-16)22-13-4-3-10(19)7-12(13)18/h3-9,22H,1-2H3,(H,21,23). The van der Waals surface area contributed by atoms with Gasteiger partial charge in [-0.2, -0.15) is 0 Å². The van der Waals surface area contributed by atoms with E-state index in [1.54, 1.807) is 30.6 Å². The van der Waals surface area contributed by atoms with E-state index in [0.29, 0.717) is 16.7 Å². The van der Waals surface area contributed by atoms with Crippen LogP contribution in [0.15, 0.2) is 41.1 Å². The molecule has 2 N–H and O–H groups in total. The Balaban J connectivity index is 2.09. The van der Waals surface area contributed by atoms with E-state index in [4.69, 9.17) is 4.42 Å². The molecule has 0 saturated carbocycles. The fourth-order valence-corrected chi connectivity index (χ4v) is 2.73. The molecule has 1 aromatic carbocycles. The molecule has 2 heterocycles. The van der Waals surface area contributed by atoms with E-state index in [1.807, 2.05) is 36.4 Å². The Morgan fingerprint density at radius 1 is 1.33 bits per heavy atom. The van der Waals surface area contributed by atoms with Crippen LogP contribution in [0.1, 0.15) is 24.4 Å². The molecule has 5 nitrogen and oxygen atoms in total. The number of benzene rings is 1. The Morgan fingerprint density at radius 3 is 2.83 bits per heavy atom. The van der Waals surface area contributed by atoms with Gasteiger partial charge in [-0.15, -0.1) is 0 Å². The zero-order valence-electron chi connectivity index (χ0n) is 13.1. The highest BCUT2D eigenvalue weighted by atomic mass is 127. The molecule has 7 heteroatoms. The second-order valence-corrected chi connectivity index (χ2v) is 6.80. The molecule has 0 aliphatic heterocycles. The van der Waals surface area contributed by atoms with Gasteiger partial charge in [0, 0.05) is 22.0 Å². The third kappa shape index (κ3) is 3.35. The summed E-state index contributed by atoms with van der Waals surface area (Å²) in [6.07, 6.45) is 3.16. The highest BCUT2D eigenvalue weighted by Gasteiger charge is 2.22. The minimum Gasteiger partial charge on any atom is -0.448 e. The summed E-state index contributed by atoms with van der Waals surface area (Å²) in [4.78, 5) is 16.5. The van der Waals surface area contributed by atoms with Gasteiger partial charge in [-0.3, -0.25) is 9.78 Å². The highest BCUT2D eigenvalue weighted by Crippen LogP contribution is 2.33. The Hall–Kier alpha value is -2.16. The number of amides is 1. The summed E-state index contributed by atoms with van der Waals surface area (Å²) in [6.45, 7) is 3.71. The fourth-order valence-electron chi connectivity index (χ4n) is 2.28. The van der Waals surface area contributed by atoms with Crippen LogP contribution in [-0.4, -0.2) is 16.9 Å². The Morgan fingerprint density at radius 2 is 2.12 bits per heavy atom. The monoisotopic (exact) mass is 439 g/mol. The molecule has 0 atom stereocenters. The van der Waals surface area contributed by atoms with Crippen LogP contribution in [0.5, 0.6) is 0 Å². The van der Waals surface area contributed by atoms with E-state index in [1.165, 1.54) is 6.07 Å². The van der Waals surface area contributed by atoms with Gasteiger partial charge in [0.2, 0.25) is 5.76 Å². The Labute approximate surface area is 151 Å². The number of fused-ring (bicyclic) bond motifs is 1. The van der Waals surface area contributed by atoms with Crippen molar-refractivity contribution in [1.29, 1.82) is 0 Å². The van der Waals surface area contributed by atoms with Crippen molar-refractivity contribution in [2.75, 3.05) is 5.32 Å². The van der Waals surface area contributed by atoms with Crippen molar-refractivity contribution >= 4 is 50.8 Å². The molecule has 0 fully saturated rings. The van der Waals surface area contributed by atoms with Crippen molar-refractivity contribution in [3.8, 4) is 0 Å². The average molecular weight is 439 g/mol. The van der Waals surface area contributed by atoms with Gasteiger partial charge >= 0.3 is 0 Å². The van der Waals surface area contributed by atoms with Crippen molar-refractivity contribution in [2.24, 2.45) is 0 Å². The number of carbonyl (C=O) groups excluding carboxylic acids is 1. The largest absolute Gasteiger partial charge is 0.448 e. The molecule has 0 unspecified atom stereocenters. The summed E-state index contributed by atoms with van der Waals surface area (Å²) < 4.78 is 20.6. The summed E-state index contributed by atoms with van der Waals surface area (Å²) in [7, 11) is 0. The van der Waals surface area contributed by atoms with Crippen LogP contribution < -0.4 is 10.6 Å². The van der Waals surface area contributed by atoms with Crippen molar-refractivity contribution in [1.82, 2.24) is 10.3 Å². The summed E-state index contributed by atoms with van der Waals surface area (Å²) in [5.74, 6) is -0.672. The third-order valence-corrected chi connectivity index (χ3v) is 3.98. The lowest BCUT2D eigenvalue weighted by Crippen LogP contribution is -2.30. The molecule has 1 amide bonds. The SMILES string of the molecule is CC(C)NC(=O)c1oc2ccncc2c1Nc1ccc(I)cc1F. The van der Waals surface area contributed by atoms with Crippen molar-refractivity contribution < 1.29 is 13.6 Å². The van der Waals surface area contributed by atoms with Gasteiger partial charge in [0.05, 0.1) is 11.1 Å². The number of nitrogens with zero attached hydrogens (tertiary/aromatic N) is 1. The maximum atomic E-state index is 14.2. The predicted octanol–water partition coefficient (Wildman–Crippen LogP) is 4.45. The van der Waals surface area contributed by atoms with Gasteiger partial charge in [0.25, 0.3) is 5.91 Å². The van der Waals surface area contributed by atoms with E-state index in [0.717, 1.165) is 3.57 Å². The number of rotatable bonds is 4. The summed E-state index contributed by atoms with van der Waals surface area (Å²) in [5.41, 5.74) is 1.17. The second-order valence-electron chi connectivity index (χ2n) is 5.56. The van der Waals surface area contributed by atoms with Crippen LogP contribution in [0, 0.1) is 9.39 Å². The average Bonchev–Trinajstić information content (AvgIpc) is 2.88. The van der Waals surface area contributed by atoms with Crippen LogP contribution in [0.25, 0.3) is 11.0 Å². The van der Waals surface area contributed by atoms with Crippen LogP contribution in [0.2, 0.25) is 0 Å². The number of nitrogens with one attached hydrogen (secondary N) is 2. The summed E-state index contributed by atoms with van der Waals surface area (Å²) in [5, 5.41) is 6.37. The number of furan rings is 1. The van der Waals surface area contributed by atoms with Gasteiger partial charge in [-0.25, -0.2) is 4.39 Å². The quantitative estimate of drug-likeness (QED) is 0.590. The van der Waals surface area contributed by atoms with Crippen molar-refractivity contribution in [3.05, 3.63) is 51.8 Å². The first-order valence-electron chi connectivity index (χ1n) is 7.35. The molecular formula is C17H15FIN3O2. The van der Waals surface area contributed by atoms with Crippen molar-refractivity contribution in [3.63, 3.8) is 0 Å². The summed E-state index contributed by atoms with van der Waals surface area (Å²) in [6, 6.07) is 6.43. The van der Waals surface area contributed by atoms with Gasteiger partial charge < -0.3 is 15.1 Å². The Kier molecular flexibility index (Phi) is 4.70. The lowest BCUT2D eigenvalue weighted by atomic mass is 10.2. The lowest BCUT2D eigenvalue weighted by Gasteiger charge is -2.10. The van der Waals surface area contributed by atoms with Gasteiger partial charge in [0.15, 0.2) is 0 Å². The third-order valence-electron chi connectivity index (χ3n) is 3.31. The first-order valence-corrected chi connectivity index (χ1v) is 8.43. The molecule has 24 heavy (non-hydrogen) atoms. The molecule has 0 aliphatic rings. The van der Waals surface area contributed by atoms with Crippen LogP contribution in [-0.2, 0) is 0 Å². The minimum atomic E-state index is -0.407. The molecule has 124 valence electrons. The van der Waals surface area contributed by atoms with E-state index in [2.05, 4.69) is 15.6 Å². The predicted molar refractivity (Wildman–Crippen MR) is 99.0 cm³/mol. The zero-order valence-corrected chi connectivity index (χ0v) is 15.2. The van der Waals surface area contributed by atoms with Crippen LogP contribution in [0.4, 0.5) is 15.8 Å². The van der Waals surface area contributed by atoms with E-state index < -0.39 is 5.82 Å². The lowest BCUT2D eigenvalue weighted by molar-refractivity contribution is 0.0918. The van der Waals surface area contributed by atoms with Crippen LogP contribution in [0.3, 0.4) is 0 Å². The summed E-state index contributed by atoms with van der Waals surface area (Å²) >= 11 is 2.04. The molecular weight excluding hydrogens is 424 g/mol. The number of halogens is 2. The number of hydrogen-bond acceptors (Lipinski definition) is 4. The number of hydrogen-bond donors (Lipinski definition) is 2. The smallest absolute Gasteiger partial charge is 0.289 e. The number of aromatic nitrogens is 1. The first-order chi connectivity index (χ1) is 11.5. The van der Waals surface area contributed by atoms with Gasteiger partial charge in [-0.05, 0) is 60.7 Å². The molecule has 0 bridgehead atoms. The molecule has 0 radical (unpaired) electrons.